The zero-order chi connectivity index (χ0) is 12.4. The highest BCUT2D eigenvalue weighted by Gasteiger charge is 2.40. The van der Waals surface area contributed by atoms with E-state index in [1.54, 1.807) is 0 Å². The first-order valence-corrected chi connectivity index (χ1v) is 8.04. The highest BCUT2D eigenvalue weighted by atomic mass is 14.9. The fourth-order valence-electron chi connectivity index (χ4n) is 2.78. The van der Waals surface area contributed by atoms with Crippen LogP contribution in [0, 0.1) is 5.41 Å². The molecule has 1 nitrogen and oxygen atoms in total. The summed E-state index contributed by atoms with van der Waals surface area (Å²) >= 11 is 0. The second kappa shape index (κ2) is 8.97. The van der Waals surface area contributed by atoms with E-state index in [9.17, 15) is 0 Å². The second-order valence-electron chi connectivity index (χ2n) is 6.05. The SMILES string of the molecule is CCCCCCCCCNCC1(CCC)CC1. The van der Waals surface area contributed by atoms with Crippen LogP contribution in [0.3, 0.4) is 0 Å². The normalized spacial score (nSPS) is 17.3. The molecule has 0 bridgehead atoms. The van der Waals surface area contributed by atoms with Gasteiger partial charge in [0.25, 0.3) is 0 Å². The van der Waals surface area contributed by atoms with Gasteiger partial charge in [0.05, 0.1) is 0 Å². The molecule has 0 saturated heterocycles. The van der Waals surface area contributed by atoms with Gasteiger partial charge in [0, 0.05) is 6.54 Å². The fourth-order valence-corrected chi connectivity index (χ4v) is 2.78. The molecular formula is C16H33N. The van der Waals surface area contributed by atoms with Crippen LogP contribution < -0.4 is 5.32 Å². The molecule has 102 valence electrons. The first-order valence-electron chi connectivity index (χ1n) is 8.04. The summed E-state index contributed by atoms with van der Waals surface area (Å²) in [5, 5.41) is 3.68. The average molecular weight is 239 g/mol. The fraction of sp³-hybridized carbons (Fsp3) is 1.00. The van der Waals surface area contributed by atoms with Crippen LogP contribution in [-0.2, 0) is 0 Å². The van der Waals surface area contributed by atoms with E-state index >= 15 is 0 Å². The lowest BCUT2D eigenvalue weighted by atomic mass is 10.0. The molecule has 0 aromatic heterocycles. The average Bonchev–Trinajstić information content (AvgIpc) is 3.08. The molecule has 0 aromatic rings. The Bertz CT molecular complexity index is 172. The van der Waals surface area contributed by atoms with Gasteiger partial charge in [-0.05, 0) is 37.6 Å². The molecule has 0 atom stereocenters. The Hall–Kier alpha value is -0.0400. The highest BCUT2D eigenvalue weighted by Crippen LogP contribution is 2.48. The minimum atomic E-state index is 0.732. The molecule has 1 aliphatic rings. The van der Waals surface area contributed by atoms with Gasteiger partial charge in [0.1, 0.15) is 0 Å². The number of rotatable bonds is 12. The molecule has 0 amide bonds. The van der Waals surface area contributed by atoms with Crippen molar-refractivity contribution in [2.75, 3.05) is 13.1 Å². The minimum absolute atomic E-state index is 0.732. The van der Waals surface area contributed by atoms with E-state index in [2.05, 4.69) is 19.2 Å². The van der Waals surface area contributed by atoms with Crippen molar-refractivity contribution < 1.29 is 0 Å². The number of hydrogen-bond donors (Lipinski definition) is 1. The zero-order valence-corrected chi connectivity index (χ0v) is 12.2. The zero-order valence-electron chi connectivity index (χ0n) is 12.2. The van der Waals surface area contributed by atoms with Crippen LogP contribution in [-0.4, -0.2) is 13.1 Å². The molecule has 1 heteroatoms. The van der Waals surface area contributed by atoms with Crippen molar-refractivity contribution in [2.24, 2.45) is 5.41 Å². The summed E-state index contributed by atoms with van der Waals surface area (Å²) in [6.07, 6.45) is 15.7. The van der Waals surface area contributed by atoms with Crippen LogP contribution in [0.25, 0.3) is 0 Å². The maximum atomic E-state index is 3.68. The van der Waals surface area contributed by atoms with Crippen LogP contribution in [0.5, 0.6) is 0 Å². The van der Waals surface area contributed by atoms with E-state index in [0.717, 1.165) is 5.41 Å². The summed E-state index contributed by atoms with van der Waals surface area (Å²) in [4.78, 5) is 0. The van der Waals surface area contributed by atoms with Gasteiger partial charge in [-0.1, -0.05) is 58.8 Å². The van der Waals surface area contributed by atoms with Crippen LogP contribution in [0.15, 0.2) is 0 Å². The Balaban J connectivity index is 1.79. The molecular weight excluding hydrogens is 206 g/mol. The van der Waals surface area contributed by atoms with Crippen molar-refractivity contribution in [3.63, 3.8) is 0 Å². The van der Waals surface area contributed by atoms with Crippen LogP contribution in [0.2, 0.25) is 0 Å². The molecule has 0 radical (unpaired) electrons. The predicted molar refractivity (Wildman–Crippen MR) is 77.4 cm³/mol. The molecule has 1 saturated carbocycles. The first-order chi connectivity index (χ1) is 8.33. The van der Waals surface area contributed by atoms with Crippen molar-refractivity contribution in [1.82, 2.24) is 5.32 Å². The molecule has 0 unspecified atom stereocenters. The molecule has 0 spiro atoms. The van der Waals surface area contributed by atoms with E-state index in [4.69, 9.17) is 0 Å². The van der Waals surface area contributed by atoms with Gasteiger partial charge in [-0.3, -0.25) is 0 Å². The molecule has 1 aliphatic carbocycles. The van der Waals surface area contributed by atoms with Crippen molar-refractivity contribution in [3.05, 3.63) is 0 Å². The van der Waals surface area contributed by atoms with E-state index in [1.165, 1.54) is 83.7 Å². The van der Waals surface area contributed by atoms with Crippen molar-refractivity contribution in [1.29, 1.82) is 0 Å². The lowest BCUT2D eigenvalue weighted by Gasteiger charge is -2.14. The third-order valence-electron chi connectivity index (χ3n) is 4.19. The quantitative estimate of drug-likeness (QED) is 0.477. The summed E-state index contributed by atoms with van der Waals surface area (Å²) in [6.45, 7) is 7.14. The van der Waals surface area contributed by atoms with Gasteiger partial charge in [0.15, 0.2) is 0 Å². The van der Waals surface area contributed by atoms with Crippen molar-refractivity contribution >= 4 is 0 Å². The van der Waals surface area contributed by atoms with Crippen LogP contribution in [0.4, 0.5) is 0 Å². The lowest BCUT2D eigenvalue weighted by Crippen LogP contribution is -2.24. The maximum absolute atomic E-state index is 3.68. The van der Waals surface area contributed by atoms with Gasteiger partial charge >= 0.3 is 0 Å². The second-order valence-corrected chi connectivity index (χ2v) is 6.05. The van der Waals surface area contributed by atoms with Gasteiger partial charge in [-0.2, -0.15) is 0 Å². The van der Waals surface area contributed by atoms with E-state index in [0.29, 0.717) is 0 Å². The number of hydrogen-bond acceptors (Lipinski definition) is 1. The van der Waals surface area contributed by atoms with Gasteiger partial charge < -0.3 is 5.32 Å². The topological polar surface area (TPSA) is 12.0 Å². The summed E-state index contributed by atoms with van der Waals surface area (Å²) in [5.74, 6) is 0. The summed E-state index contributed by atoms with van der Waals surface area (Å²) < 4.78 is 0. The monoisotopic (exact) mass is 239 g/mol. The van der Waals surface area contributed by atoms with Crippen LogP contribution in [0.1, 0.15) is 84.5 Å². The molecule has 0 aliphatic heterocycles. The summed E-state index contributed by atoms with van der Waals surface area (Å²) in [6, 6.07) is 0. The smallest absolute Gasteiger partial charge is 0.000781 e. The Morgan fingerprint density at radius 3 is 2.06 bits per heavy atom. The van der Waals surface area contributed by atoms with E-state index in [1.807, 2.05) is 0 Å². The Morgan fingerprint density at radius 2 is 1.47 bits per heavy atom. The molecule has 0 heterocycles. The Kier molecular flexibility index (Phi) is 7.92. The molecule has 0 aromatic carbocycles. The summed E-state index contributed by atoms with van der Waals surface area (Å²) in [5.41, 5.74) is 0.732. The molecule has 1 fully saturated rings. The van der Waals surface area contributed by atoms with Crippen LogP contribution >= 0.6 is 0 Å². The van der Waals surface area contributed by atoms with E-state index < -0.39 is 0 Å². The molecule has 1 N–H and O–H groups in total. The van der Waals surface area contributed by atoms with Gasteiger partial charge in [-0.15, -0.1) is 0 Å². The molecule has 1 rings (SSSR count). The number of unbranched alkanes of at least 4 members (excludes halogenated alkanes) is 6. The summed E-state index contributed by atoms with van der Waals surface area (Å²) in [7, 11) is 0. The Labute approximate surface area is 109 Å². The minimum Gasteiger partial charge on any atom is -0.316 e. The highest BCUT2D eigenvalue weighted by molar-refractivity contribution is 4.94. The van der Waals surface area contributed by atoms with Crippen molar-refractivity contribution in [3.8, 4) is 0 Å². The van der Waals surface area contributed by atoms with Gasteiger partial charge in [0.2, 0.25) is 0 Å². The third kappa shape index (κ3) is 7.08. The predicted octanol–water partition coefficient (Wildman–Crippen LogP) is 4.91. The molecule has 17 heavy (non-hydrogen) atoms. The standard InChI is InChI=1S/C16H33N/c1-3-5-6-7-8-9-10-14-17-15-16(11-4-2)12-13-16/h17H,3-15H2,1-2H3. The largest absolute Gasteiger partial charge is 0.316 e. The maximum Gasteiger partial charge on any atom is 0.000781 e. The van der Waals surface area contributed by atoms with E-state index in [-0.39, 0.29) is 0 Å². The lowest BCUT2D eigenvalue weighted by molar-refractivity contribution is 0.416. The third-order valence-corrected chi connectivity index (χ3v) is 4.19. The van der Waals surface area contributed by atoms with Gasteiger partial charge in [-0.25, -0.2) is 0 Å². The first kappa shape index (κ1) is 15.0. The van der Waals surface area contributed by atoms with Crippen molar-refractivity contribution in [2.45, 2.75) is 84.5 Å². The Morgan fingerprint density at radius 1 is 0.824 bits per heavy atom. The number of nitrogens with one attached hydrogen (secondary N) is 1.